The van der Waals surface area contributed by atoms with Crippen molar-refractivity contribution in [1.82, 2.24) is 9.62 Å². The van der Waals surface area contributed by atoms with Gasteiger partial charge in [0, 0.05) is 24.7 Å². The summed E-state index contributed by atoms with van der Waals surface area (Å²) in [4.78, 5) is 14.5. The number of amides is 1. The van der Waals surface area contributed by atoms with Gasteiger partial charge in [0.25, 0.3) is 5.91 Å². The molecule has 2 heterocycles. The number of carbonyl (C=O) groups excluding carboxylic acids is 1. The zero-order valence-corrected chi connectivity index (χ0v) is 13.8. The number of carbonyl (C=O) groups is 1. The molecule has 8 heteroatoms. The van der Waals surface area contributed by atoms with Crippen molar-refractivity contribution >= 4 is 15.9 Å². The normalized spacial score (nSPS) is 20.6. The molecule has 0 saturated carbocycles. The summed E-state index contributed by atoms with van der Waals surface area (Å²) in [5.41, 5.74) is 0.528. The Hall–Kier alpha value is -1.80. The van der Waals surface area contributed by atoms with Crippen molar-refractivity contribution in [2.75, 3.05) is 26.1 Å². The molecule has 1 N–H and O–H groups in total. The van der Waals surface area contributed by atoms with Crippen molar-refractivity contribution in [3.63, 3.8) is 0 Å². The number of nitrogens with zero attached hydrogens (tertiary/aromatic N) is 1. The molecule has 0 aliphatic carbocycles. The molecule has 0 radical (unpaired) electrons. The first-order valence-corrected chi connectivity index (χ1v) is 9.48. The van der Waals surface area contributed by atoms with Crippen LogP contribution in [-0.4, -0.2) is 51.4 Å². The number of nitrogens with one attached hydrogen (secondary N) is 1. The fourth-order valence-electron chi connectivity index (χ4n) is 2.92. The van der Waals surface area contributed by atoms with Crippen LogP contribution in [0, 0.1) is 0 Å². The van der Waals surface area contributed by atoms with Gasteiger partial charge in [0.15, 0.2) is 11.5 Å². The fraction of sp³-hybridized carbons (Fsp3) is 0.533. The minimum absolute atomic E-state index is 0.108. The minimum Gasteiger partial charge on any atom is -0.454 e. The van der Waals surface area contributed by atoms with Crippen molar-refractivity contribution < 1.29 is 22.7 Å². The summed E-state index contributed by atoms with van der Waals surface area (Å²) < 4.78 is 35.7. The van der Waals surface area contributed by atoms with Crippen LogP contribution < -0.4 is 14.2 Å². The number of ether oxygens (including phenoxy) is 2. The number of piperidine rings is 1. The largest absolute Gasteiger partial charge is 0.454 e. The smallest absolute Gasteiger partial charge is 0.254 e. The lowest BCUT2D eigenvalue weighted by atomic mass is 10.0. The zero-order valence-electron chi connectivity index (χ0n) is 12.9. The van der Waals surface area contributed by atoms with Crippen molar-refractivity contribution in [3.8, 4) is 11.5 Å². The average molecular weight is 340 g/mol. The molecule has 7 nitrogen and oxygen atoms in total. The Morgan fingerprint density at radius 3 is 2.87 bits per heavy atom. The third-order valence-electron chi connectivity index (χ3n) is 4.09. The molecular formula is C15H20N2O5S. The van der Waals surface area contributed by atoms with Gasteiger partial charge in [-0.1, -0.05) is 0 Å². The molecule has 2 aliphatic rings. The molecule has 126 valence electrons. The van der Waals surface area contributed by atoms with E-state index in [-0.39, 0.29) is 25.3 Å². The van der Waals surface area contributed by atoms with E-state index in [1.165, 1.54) is 0 Å². The van der Waals surface area contributed by atoms with Crippen LogP contribution in [0.5, 0.6) is 11.5 Å². The molecule has 2 aliphatic heterocycles. The van der Waals surface area contributed by atoms with Gasteiger partial charge in [-0.25, -0.2) is 13.1 Å². The first kappa shape index (κ1) is 16.1. The van der Waals surface area contributed by atoms with E-state index in [1.807, 2.05) is 0 Å². The van der Waals surface area contributed by atoms with Crippen molar-refractivity contribution in [2.24, 2.45) is 0 Å². The Balaban J connectivity index is 1.75. The number of fused-ring (bicyclic) bond motifs is 1. The van der Waals surface area contributed by atoms with E-state index in [1.54, 1.807) is 23.1 Å². The molecule has 3 rings (SSSR count). The van der Waals surface area contributed by atoms with Crippen molar-refractivity contribution in [2.45, 2.75) is 25.3 Å². The number of sulfonamides is 1. The van der Waals surface area contributed by atoms with Crippen LogP contribution in [0.25, 0.3) is 0 Å². The van der Waals surface area contributed by atoms with E-state index in [4.69, 9.17) is 9.47 Å². The summed E-state index contributed by atoms with van der Waals surface area (Å²) in [7, 11) is -3.27. The quantitative estimate of drug-likeness (QED) is 0.882. The topological polar surface area (TPSA) is 84.9 Å². The van der Waals surface area contributed by atoms with E-state index in [0.717, 1.165) is 25.5 Å². The lowest BCUT2D eigenvalue weighted by Crippen LogP contribution is -2.49. The fourth-order valence-corrected chi connectivity index (χ4v) is 3.42. The first-order chi connectivity index (χ1) is 10.9. The maximum absolute atomic E-state index is 12.8. The molecular weight excluding hydrogens is 320 g/mol. The lowest BCUT2D eigenvalue weighted by Gasteiger charge is -2.35. The van der Waals surface area contributed by atoms with Gasteiger partial charge in [0.1, 0.15) is 0 Å². The second kappa shape index (κ2) is 6.37. The van der Waals surface area contributed by atoms with E-state index in [9.17, 15) is 13.2 Å². The van der Waals surface area contributed by atoms with E-state index in [2.05, 4.69) is 4.72 Å². The van der Waals surface area contributed by atoms with Gasteiger partial charge in [-0.15, -0.1) is 0 Å². The highest BCUT2D eigenvalue weighted by Crippen LogP contribution is 2.33. The Bertz CT molecular complexity index is 704. The molecule has 1 amide bonds. The summed E-state index contributed by atoms with van der Waals surface area (Å²) >= 11 is 0. The van der Waals surface area contributed by atoms with Crippen LogP contribution in [0.15, 0.2) is 18.2 Å². The molecule has 0 spiro atoms. The van der Waals surface area contributed by atoms with Crippen molar-refractivity contribution in [3.05, 3.63) is 23.8 Å². The van der Waals surface area contributed by atoms with Crippen LogP contribution >= 0.6 is 0 Å². The van der Waals surface area contributed by atoms with Gasteiger partial charge < -0.3 is 14.4 Å². The molecule has 0 unspecified atom stereocenters. The Kier molecular flexibility index (Phi) is 4.45. The van der Waals surface area contributed by atoms with Crippen LogP contribution in [0.1, 0.15) is 29.6 Å². The number of likely N-dealkylation sites (tertiary alicyclic amines) is 1. The van der Waals surface area contributed by atoms with Crippen molar-refractivity contribution in [1.29, 1.82) is 0 Å². The molecule has 1 aromatic rings. The number of hydrogen-bond donors (Lipinski definition) is 1. The molecule has 0 aromatic heterocycles. The summed E-state index contributed by atoms with van der Waals surface area (Å²) in [5, 5.41) is 0. The summed E-state index contributed by atoms with van der Waals surface area (Å²) in [6, 6.07) is 4.99. The molecule has 0 bridgehead atoms. The Morgan fingerprint density at radius 1 is 1.30 bits per heavy atom. The van der Waals surface area contributed by atoms with Gasteiger partial charge >= 0.3 is 0 Å². The standard InChI is InChI=1S/C15H20N2O5S/c1-23(19,20)16-9-12-4-2-3-7-17(12)15(18)11-5-6-13-14(8-11)22-10-21-13/h5-6,8,12,16H,2-4,7,9-10H2,1H3/t12-/m1/s1. The maximum Gasteiger partial charge on any atom is 0.254 e. The SMILES string of the molecule is CS(=O)(=O)NC[C@H]1CCCCN1C(=O)c1ccc2c(c1)OCO2. The van der Waals surface area contributed by atoms with Gasteiger partial charge in [-0.05, 0) is 37.5 Å². The molecule has 1 atom stereocenters. The minimum atomic E-state index is -3.27. The highest BCUT2D eigenvalue weighted by Gasteiger charge is 2.29. The van der Waals surface area contributed by atoms with Gasteiger partial charge in [0.2, 0.25) is 16.8 Å². The van der Waals surface area contributed by atoms with E-state index >= 15 is 0 Å². The Labute approximate surface area is 135 Å². The highest BCUT2D eigenvalue weighted by atomic mass is 32.2. The van der Waals surface area contributed by atoms with E-state index < -0.39 is 10.0 Å². The molecule has 1 aromatic carbocycles. The number of benzene rings is 1. The molecule has 23 heavy (non-hydrogen) atoms. The average Bonchev–Trinajstić information content (AvgIpc) is 2.99. The predicted octanol–water partition coefficient (Wildman–Crippen LogP) is 0.959. The second-order valence-electron chi connectivity index (χ2n) is 5.84. The summed E-state index contributed by atoms with van der Waals surface area (Å²) in [6.45, 7) is 1.04. The third kappa shape index (κ3) is 3.76. The van der Waals surface area contributed by atoms with Crippen LogP contribution in [0.4, 0.5) is 0 Å². The monoisotopic (exact) mass is 340 g/mol. The summed E-state index contributed by atoms with van der Waals surface area (Å²) in [6.07, 6.45) is 3.82. The molecule has 1 fully saturated rings. The van der Waals surface area contributed by atoms with Crippen LogP contribution in [0.2, 0.25) is 0 Å². The van der Waals surface area contributed by atoms with Crippen LogP contribution in [0.3, 0.4) is 0 Å². The lowest BCUT2D eigenvalue weighted by molar-refractivity contribution is 0.0618. The van der Waals surface area contributed by atoms with Gasteiger partial charge in [-0.3, -0.25) is 4.79 Å². The number of rotatable bonds is 4. The third-order valence-corrected chi connectivity index (χ3v) is 4.78. The Morgan fingerprint density at radius 2 is 2.09 bits per heavy atom. The van der Waals surface area contributed by atoms with E-state index in [0.29, 0.717) is 23.6 Å². The van der Waals surface area contributed by atoms with Gasteiger partial charge in [-0.2, -0.15) is 0 Å². The zero-order chi connectivity index (χ0) is 16.4. The van der Waals surface area contributed by atoms with Gasteiger partial charge in [0.05, 0.1) is 6.26 Å². The van der Waals surface area contributed by atoms with Crippen LogP contribution in [-0.2, 0) is 10.0 Å². The second-order valence-corrected chi connectivity index (χ2v) is 7.67. The molecule has 1 saturated heterocycles. The highest BCUT2D eigenvalue weighted by molar-refractivity contribution is 7.88. The summed E-state index contributed by atoms with van der Waals surface area (Å²) in [5.74, 6) is 1.09. The maximum atomic E-state index is 12.8. The first-order valence-electron chi connectivity index (χ1n) is 7.59. The number of hydrogen-bond acceptors (Lipinski definition) is 5. The predicted molar refractivity (Wildman–Crippen MR) is 84.1 cm³/mol.